The van der Waals surface area contributed by atoms with Crippen molar-refractivity contribution in [3.63, 3.8) is 0 Å². The zero-order chi connectivity index (χ0) is 9.28. The van der Waals surface area contributed by atoms with Crippen molar-refractivity contribution in [3.8, 4) is 0 Å². The van der Waals surface area contributed by atoms with E-state index in [2.05, 4.69) is 4.52 Å². The van der Waals surface area contributed by atoms with Crippen LogP contribution < -0.4 is 0 Å². The molecule has 0 fully saturated rings. The summed E-state index contributed by atoms with van der Waals surface area (Å²) >= 11 is 10.7. The van der Waals surface area contributed by atoms with Crippen molar-refractivity contribution < 1.29 is 18.9 Å². The summed E-state index contributed by atoms with van der Waals surface area (Å²) in [6.07, 6.45) is 0. The number of halogens is 2. The third-order valence-electron chi connectivity index (χ3n) is 0.880. The number of rotatable bonds is 3. The number of hydrogen-bond acceptors (Lipinski definition) is 2. The van der Waals surface area contributed by atoms with Crippen LogP contribution in [0.15, 0.2) is 0 Å². The summed E-state index contributed by atoms with van der Waals surface area (Å²) in [5.41, 5.74) is -1.25. The SMILES string of the molecule is CC(C)(OP(=O)(O)O)C(Cl)Cl. The Hall–Kier alpha value is 0.690. The summed E-state index contributed by atoms with van der Waals surface area (Å²) in [6.45, 7) is 2.77. The van der Waals surface area contributed by atoms with Crippen molar-refractivity contribution in [1.82, 2.24) is 0 Å². The van der Waals surface area contributed by atoms with E-state index in [4.69, 9.17) is 33.0 Å². The Labute approximate surface area is 74.7 Å². The minimum Gasteiger partial charge on any atom is -0.303 e. The van der Waals surface area contributed by atoms with Crippen LogP contribution in [-0.4, -0.2) is 20.2 Å². The zero-order valence-electron chi connectivity index (χ0n) is 5.99. The molecule has 68 valence electrons. The van der Waals surface area contributed by atoms with Gasteiger partial charge in [-0.2, -0.15) is 0 Å². The van der Waals surface area contributed by atoms with E-state index >= 15 is 0 Å². The van der Waals surface area contributed by atoms with E-state index in [-0.39, 0.29) is 0 Å². The van der Waals surface area contributed by atoms with Gasteiger partial charge >= 0.3 is 7.82 Å². The summed E-state index contributed by atoms with van der Waals surface area (Å²) in [4.78, 5) is 15.8. The van der Waals surface area contributed by atoms with Gasteiger partial charge in [0.2, 0.25) is 0 Å². The molecule has 0 heterocycles. The van der Waals surface area contributed by atoms with Crippen LogP contribution in [-0.2, 0) is 9.09 Å². The van der Waals surface area contributed by atoms with Crippen LogP contribution in [0, 0.1) is 0 Å². The van der Waals surface area contributed by atoms with Gasteiger partial charge in [0.05, 0.1) is 0 Å². The number of hydrogen-bond donors (Lipinski definition) is 2. The van der Waals surface area contributed by atoms with E-state index in [1.54, 1.807) is 0 Å². The first-order valence-corrected chi connectivity index (χ1v) is 5.10. The molecule has 0 bridgehead atoms. The Kier molecular flexibility index (Phi) is 3.83. The van der Waals surface area contributed by atoms with Crippen LogP contribution in [0.4, 0.5) is 0 Å². The minimum absolute atomic E-state index is 0.991. The van der Waals surface area contributed by atoms with Gasteiger partial charge in [0, 0.05) is 0 Å². The van der Waals surface area contributed by atoms with E-state index in [9.17, 15) is 4.57 Å². The molecular formula is C4H9Cl2O4P. The fourth-order valence-corrected chi connectivity index (χ4v) is 1.28. The van der Waals surface area contributed by atoms with E-state index in [1.807, 2.05) is 0 Å². The van der Waals surface area contributed by atoms with Crippen LogP contribution in [0.2, 0.25) is 0 Å². The molecule has 0 aliphatic rings. The summed E-state index contributed by atoms with van der Waals surface area (Å²) < 4.78 is 14.6. The maximum atomic E-state index is 10.3. The molecule has 0 saturated heterocycles. The molecule has 0 rings (SSSR count). The average Bonchev–Trinajstić information content (AvgIpc) is 1.56. The van der Waals surface area contributed by atoms with Crippen molar-refractivity contribution in [3.05, 3.63) is 0 Å². The van der Waals surface area contributed by atoms with E-state index < -0.39 is 18.3 Å². The summed E-state index contributed by atoms with van der Waals surface area (Å²) in [5, 5.41) is 0. The molecule has 0 unspecified atom stereocenters. The first-order valence-electron chi connectivity index (χ1n) is 2.69. The maximum Gasteiger partial charge on any atom is 0.470 e. The smallest absolute Gasteiger partial charge is 0.303 e. The molecule has 0 saturated carbocycles. The molecule has 11 heavy (non-hydrogen) atoms. The van der Waals surface area contributed by atoms with Crippen LogP contribution in [0.5, 0.6) is 0 Å². The highest BCUT2D eigenvalue weighted by Gasteiger charge is 2.34. The van der Waals surface area contributed by atoms with Gasteiger partial charge in [0.25, 0.3) is 0 Å². The number of alkyl halides is 2. The Morgan fingerprint density at radius 2 is 1.82 bits per heavy atom. The van der Waals surface area contributed by atoms with Crippen LogP contribution in [0.1, 0.15) is 13.8 Å². The molecule has 0 aliphatic heterocycles. The minimum atomic E-state index is -4.51. The highest BCUT2D eigenvalue weighted by Crippen LogP contribution is 2.43. The molecule has 4 nitrogen and oxygen atoms in total. The van der Waals surface area contributed by atoms with Gasteiger partial charge in [-0.1, -0.05) is 0 Å². The largest absolute Gasteiger partial charge is 0.470 e. The second-order valence-corrected chi connectivity index (χ2v) is 4.75. The number of phosphoric ester groups is 1. The highest BCUT2D eigenvalue weighted by atomic mass is 35.5. The van der Waals surface area contributed by atoms with Gasteiger partial charge < -0.3 is 9.79 Å². The standard InChI is InChI=1S/C4H9Cl2O4P/c1-4(2,3(5)6)10-11(7,8)9/h3H,1-2H3,(H2,7,8,9). The van der Waals surface area contributed by atoms with Gasteiger partial charge in [-0.15, -0.1) is 23.2 Å². The van der Waals surface area contributed by atoms with Crippen molar-refractivity contribution in [2.24, 2.45) is 0 Å². The number of phosphoric acid groups is 1. The third-order valence-corrected chi connectivity index (χ3v) is 2.64. The van der Waals surface area contributed by atoms with E-state index in [1.165, 1.54) is 13.8 Å². The lowest BCUT2D eigenvalue weighted by molar-refractivity contribution is 0.0762. The highest BCUT2D eigenvalue weighted by molar-refractivity contribution is 7.46. The summed E-state index contributed by atoms with van der Waals surface area (Å²) in [6, 6.07) is 0. The van der Waals surface area contributed by atoms with Gasteiger partial charge in [0.15, 0.2) is 0 Å². The molecule has 2 N–H and O–H groups in total. The van der Waals surface area contributed by atoms with Crippen molar-refractivity contribution in [2.45, 2.75) is 24.3 Å². The van der Waals surface area contributed by atoms with Gasteiger partial charge in [-0.05, 0) is 13.8 Å². The molecule has 0 aliphatic carbocycles. The molecule has 0 radical (unpaired) electrons. The molecule has 0 aromatic rings. The molecule has 0 aromatic carbocycles. The quantitative estimate of drug-likeness (QED) is 0.564. The monoisotopic (exact) mass is 222 g/mol. The predicted octanol–water partition coefficient (Wildman–Crippen LogP) is 1.68. The Balaban J connectivity index is 4.25. The molecule has 7 heteroatoms. The second kappa shape index (κ2) is 3.60. The fourth-order valence-electron chi connectivity index (χ4n) is 0.346. The van der Waals surface area contributed by atoms with Crippen LogP contribution >= 0.6 is 31.0 Å². The third kappa shape index (κ3) is 5.01. The molecular weight excluding hydrogens is 214 g/mol. The van der Waals surface area contributed by atoms with Crippen molar-refractivity contribution in [1.29, 1.82) is 0 Å². The van der Waals surface area contributed by atoms with E-state index in [0.717, 1.165) is 0 Å². The van der Waals surface area contributed by atoms with Crippen LogP contribution in [0.3, 0.4) is 0 Å². The zero-order valence-corrected chi connectivity index (χ0v) is 8.40. The first-order chi connectivity index (χ1) is 4.65. The molecule has 0 amide bonds. The Morgan fingerprint density at radius 3 is 1.91 bits per heavy atom. The lowest BCUT2D eigenvalue weighted by Gasteiger charge is -2.25. The van der Waals surface area contributed by atoms with E-state index in [0.29, 0.717) is 0 Å². The first kappa shape index (κ1) is 11.7. The molecule has 0 aromatic heterocycles. The molecule has 0 atom stereocenters. The van der Waals surface area contributed by atoms with Crippen molar-refractivity contribution >= 4 is 31.0 Å². The van der Waals surface area contributed by atoms with Crippen molar-refractivity contribution in [2.75, 3.05) is 0 Å². The Morgan fingerprint density at radius 1 is 1.45 bits per heavy atom. The normalized spacial score (nSPS) is 14.1. The molecule has 0 spiro atoms. The lowest BCUT2D eigenvalue weighted by atomic mass is 10.2. The van der Waals surface area contributed by atoms with Gasteiger partial charge in [0.1, 0.15) is 10.4 Å². The summed E-state index contributed by atoms with van der Waals surface area (Å²) in [7, 11) is -4.51. The van der Waals surface area contributed by atoms with Gasteiger partial charge in [-0.3, -0.25) is 4.52 Å². The summed E-state index contributed by atoms with van der Waals surface area (Å²) in [5.74, 6) is 0. The second-order valence-electron chi connectivity index (χ2n) is 2.49. The fraction of sp³-hybridized carbons (Fsp3) is 1.00. The predicted molar refractivity (Wildman–Crippen MR) is 42.7 cm³/mol. The maximum absolute atomic E-state index is 10.3. The van der Waals surface area contributed by atoms with Crippen LogP contribution in [0.25, 0.3) is 0 Å². The lowest BCUT2D eigenvalue weighted by Crippen LogP contribution is -2.30. The van der Waals surface area contributed by atoms with Gasteiger partial charge in [-0.25, -0.2) is 4.57 Å². The average molecular weight is 223 g/mol. The Bertz CT molecular complexity index is 175. The topological polar surface area (TPSA) is 66.8 Å².